The van der Waals surface area contributed by atoms with Crippen molar-refractivity contribution in [1.29, 1.82) is 0 Å². The van der Waals surface area contributed by atoms with Crippen molar-refractivity contribution in [3.63, 3.8) is 0 Å². The number of fused-ring (bicyclic) bond motifs is 1. The highest BCUT2D eigenvalue weighted by atomic mass is 16.6. The van der Waals surface area contributed by atoms with E-state index in [0.717, 1.165) is 38.2 Å². The van der Waals surface area contributed by atoms with Crippen molar-refractivity contribution in [2.24, 2.45) is 0 Å². The molecule has 3 N–H and O–H groups in total. The van der Waals surface area contributed by atoms with Gasteiger partial charge in [0.2, 0.25) is 18.1 Å². The number of hydrogen-bond acceptors (Lipinski definition) is 7. The SMILES string of the molecule is CC.CC(=O)OC(O)CNC(=O)[C@@H]1CCCC2CCC[C@H](NC(=O)OCc3ccccc3)C(=O)N21. The lowest BCUT2D eigenvalue weighted by molar-refractivity contribution is -0.165. The summed E-state index contributed by atoms with van der Waals surface area (Å²) in [6, 6.07) is 7.64. The average Bonchev–Trinajstić information content (AvgIpc) is 3.01. The van der Waals surface area contributed by atoms with Gasteiger partial charge in [-0.3, -0.25) is 14.4 Å². The molecule has 0 saturated carbocycles. The van der Waals surface area contributed by atoms with Crippen LogP contribution in [0.4, 0.5) is 4.79 Å². The molecule has 2 saturated heterocycles. The molecular formula is C25H37N3O7. The lowest BCUT2D eigenvalue weighted by atomic mass is 9.93. The first-order valence-corrected chi connectivity index (χ1v) is 12.3. The van der Waals surface area contributed by atoms with Gasteiger partial charge in [-0.2, -0.15) is 0 Å². The number of amides is 3. The molecule has 0 aromatic heterocycles. The number of carbonyl (C=O) groups is 4. The van der Waals surface area contributed by atoms with Crippen LogP contribution >= 0.6 is 0 Å². The Hall–Kier alpha value is -3.14. The topological polar surface area (TPSA) is 134 Å². The first-order chi connectivity index (χ1) is 16.8. The molecule has 0 spiro atoms. The minimum atomic E-state index is -1.46. The second kappa shape index (κ2) is 14.3. The molecule has 0 bridgehead atoms. The molecule has 2 aliphatic rings. The molecule has 2 unspecified atom stereocenters. The smallest absolute Gasteiger partial charge is 0.408 e. The van der Waals surface area contributed by atoms with Crippen LogP contribution in [-0.2, 0) is 30.5 Å². The largest absolute Gasteiger partial charge is 0.445 e. The number of piperidine rings is 1. The quantitative estimate of drug-likeness (QED) is 0.393. The second-order valence-corrected chi connectivity index (χ2v) is 8.34. The Balaban J connectivity index is 0.00000210. The predicted molar refractivity (Wildman–Crippen MR) is 128 cm³/mol. The van der Waals surface area contributed by atoms with Gasteiger partial charge >= 0.3 is 12.1 Å². The van der Waals surface area contributed by atoms with Crippen molar-refractivity contribution in [3.8, 4) is 0 Å². The molecule has 1 aromatic rings. The Morgan fingerprint density at radius 1 is 1.09 bits per heavy atom. The number of hydrogen-bond donors (Lipinski definition) is 3. The molecule has 2 fully saturated rings. The second-order valence-electron chi connectivity index (χ2n) is 8.34. The fraction of sp³-hybridized carbons (Fsp3) is 0.600. The minimum absolute atomic E-state index is 0.0902. The number of nitrogens with one attached hydrogen (secondary N) is 2. The molecule has 194 valence electrons. The van der Waals surface area contributed by atoms with Crippen LogP contribution in [0.25, 0.3) is 0 Å². The van der Waals surface area contributed by atoms with Gasteiger partial charge < -0.3 is 30.1 Å². The number of rotatable bonds is 7. The number of alkyl carbamates (subject to hydrolysis) is 1. The highest BCUT2D eigenvalue weighted by molar-refractivity contribution is 5.92. The zero-order valence-corrected chi connectivity index (χ0v) is 20.7. The van der Waals surface area contributed by atoms with Gasteiger partial charge in [-0.15, -0.1) is 0 Å². The van der Waals surface area contributed by atoms with E-state index in [1.807, 2.05) is 44.2 Å². The summed E-state index contributed by atoms with van der Waals surface area (Å²) in [6.45, 7) is 4.98. The number of carbonyl (C=O) groups excluding carboxylic acids is 4. The van der Waals surface area contributed by atoms with Crippen molar-refractivity contribution < 1.29 is 33.8 Å². The molecule has 10 nitrogen and oxygen atoms in total. The van der Waals surface area contributed by atoms with Gasteiger partial charge in [-0.05, 0) is 44.1 Å². The zero-order valence-electron chi connectivity index (χ0n) is 20.7. The molecule has 0 radical (unpaired) electrons. The molecule has 2 heterocycles. The van der Waals surface area contributed by atoms with Gasteiger partial charge in [-0.1, -0.05) is 44.2 Å². The zero-order chi connectivity index (χ0) is 25.8. The van der Waals surface area contributed by atoms with Crippen molar-refractivity contribution in [1.82, 2.24) is 15.5 Å². The third-order valence-electron chi connectivity index (χ3n) is 5.89. The summed E-state index contributed by atoms with van der Waals surface area (Å²) in [4.78, 5) is 51.0. The normalized spacial score (nSPS) is 22.3. The fourth-order valence-corrected chi connectivity index (χ4v) is 4.39. The molecule has 35 heavy (non-hydrogen) atoms. The fourth-order valence-electron chi connectivity index (χ4n) is 4.39. The Kier molecular flexibility index (Phi) is 11.5. The summed E-state index contributed by atoms with van der Waals surface area (Å²) in [5.41, 5.74) is 0.837. The van der Waals surface area contributed by atoms with Gasteiger partial charge in [0.05, 0.1) is 6.54 Å². The Bertz CT molecular complexity index is 849. The van der Waals surface area contributed by atoms with E-state index in [-0.39, 0.29) is 25.1 Å². The summed E-state index contributed by atoms with van der Waals surface area (Å²) in [5, 5.41) is 14.9. The summed E-state index contributed by atoms with van der Waals surface area (Å²) in [5.74, 6) is -1.40. The van der Waals surface area contributed by atoms with Crippen LogP contribution < -0.4 is 10.6 Å². The first kappa shape index (κ1) is 28.1. The maximum atomic E-state index is 13.3. The van der Waals surface area contributed by atoms with E-state index in [1.54, 1.807) is 4.90 Å². The standard InChI is InChI=1S/C23H31N3O7.C2H6/c1-15(27)33-20(28)13-24-21(29)19-12-6-10-17-9-5-11-18(22(30)26(17)19)25-23(31)32-14-16-7-3-2-4-8-16;1-2/h2-4,7-8,17-20,28H,5-6,9-14H2,1H3,(H,24,29)(H,25,31);1-2H3/t17?,18-,19-,20?;/m0./s1. The maximum absolute atomic E-state index is 13.3. The first-order valence-electron chi connectivity index (χ1n) is 12.3. The number of ether oxygens (including phenoxy) is 2. The van der Waals surface area contributed by atoms with Crippen LogP contribution in [0.2, 0.25) is 0 Å². The molecule has 0 aliphatic carbocycles. The molecule has 4 atom stereocenters. The van der Waals surface area contributed by atoms with E-state index in [9.17, 15) is 24.3 Å². The molecular weight excluding hydrogens is 454 g/mol. The lowest BCUT2D eigenvalue weighted by Gasteiger charge is -2.41. The van der Waals surface area contributed by atoms with Crippen LogP contribution in [0.3, 0.4) is 0 Å². The van der Waals surface area contributed by atoms with Gasteiger partial charge in [-0.25, -0.2) is 4.79 Å². The third-order valence-corrected chi connectivity index (χ3v) is 5.89. The monoisotopic (exact) mass is 491 g/mol. The minimum Gasteiger partial charge on any atom is -0.445 e. The van der Waals surface area contributed by atoms with Gasteiger partial charge in [0.25, 0.3) is 0 Å². The lowest BCUT2D eigenvalue weighted by Crippen LogP contribution is -2.60. The van der Waals surface area contributed by atoms with Crippen molar-refractivity contribution >= 4 is 23.9 Å². The Labute approximate surface area is 206 Å². The van der Waals surface area contributed by atoms with E-state index in [4.69, 9.17) is 4.74 Å². The van der Waals surface area contributed by atoms with Crippen LogP contribution in [-0.4, -0.2) is 64.8 Å². The molecule has 3 amide bonds. The molecule has 2 aliphatic heterocycles. The third kappa shape index (κ3) is 8.54. The summed E-state index contributed by atoms with van der Waals surface area (Å²) in [7, 11) is 0. The highest BCUT2D eigenvalue weighted by Gasteiger charge is 2.42. The van der Waals surface area contributed by atoms with Crippen molar-refractivity contribution in [2.45, 2.75) is 90.3 Å². The summed E-state index contributed by atoms with van der Waals surface area (Å²) < 4.78 is 9.87. The van der Waals surface area contributed by atoms with E-state index in [0.29, 0.717) is 12.8 Å². The Morgan fingerprint density at radius 3 is 2.40 bits per heavy atom. The van der Waals surface area contributed by atoms with Crippen LogP contribution in [0.15, 0.2) is 30.3 Å². The number of aliphatic hydroxyl groups is 1. The summed E-state index contributed by atoms with van der Waals surface area (Å²) >= 11 is 0. The highest BCUT2D eigenvalue weighted by Crippen LogP contribution is 2.30. The number of esters is 1. The van der Waals surface area contributed by atoms with E-state index in [1.165, 1.54) is 0 Å². The molecule has 10 heteroatoms. The van der Waals surface area contributed by atoms with E-state index >= 15 is 0 Å². The van der Waals surface area contributed by atoms with E-state index < -0.39 is 36.3 Å². The average molecular weight is 492 g/mol. The molecule has 1 aromatic carbocycles. The predicted octanol–water partition coefficient (Wildman–Crippen LogP) is 2.24. The van der Waals surface area contributed by atoms with Crippen molar-refractivity contribution in [3.05, 3.63) is 35.9 Å². The maximum Gasteiger partial charge on any atom is 0.408 e. The number of aliphatic hydroxyl groups excluding tert-OH is 1. The van der Waals surface area contributed by atoms with Gasteiger partial charge in [0.1, 0.15) is 18.7 Å². The van der Waals surface area contributed by atoms with E-state index in [2.05, 4.69) is 15.4 Å². The van der Waals surface area contributed by atoms with Crippen LogP contribution in [0.1, 0.15) is 64.9 Å². The van der Waals surface area contributed by atoms with Crippen LogP contribution in [0, 0.1) is 0 Å². The summed E-state index contributed by atoms with van der Waals surface area (Å²) in [6.07, 6.45) is 1.85. The Morgan fingerprint density at radius 2 is 1.74 bits per heavy atom. The van der Waals surface area contributed by atoms with Gasteiger partial charge in [0.15, 0.2) is 0 Å². The number of benzene rings is 1. The van der Waals surface area contributed by atoms with Crippen molar-refractivity contribution in [2.75, 3.05) is 6.54 Å². The number of nitrogens with zero attached hydrogens (tertiary/aromatic N) is 1. The van der Waals surface area contributed by atoms with Gasteiger partial charge in [0, 0.05) is 13.0 Å². The van der Waals surface area contributed by atoms with Crippen LogP contribution in [0.5, 0.6) is 0 Å². The molecule has 3 rings (SSSR count).